The molecule has 8 atom stereocenters. The molecule has 6 nitrogen and oxygen atoms in total. The lowest BCUT2D eigenvalue weighted by Gasteiger charge is -2.64. The third kappa shape index (κ3) is 3.92. The van der Waals surface area contributed by atoms with Crippen LogP contribution < -0.4 is 0 Å². The van der Waals surface area contributed by atoms with Gasteiger partial charge in [0.15, 0.2) is 0 Å². The van der Waals surface area contributed by atoms with Crippen molar-refractivity contribution in [3.05, 3.63) is 70.6 Å². The molecule has 0 saturated heterocycles. The van der Waals surface area contributed by atoms with E-state index in [2.05, 4.69) is 77.7 Å². The number of hydrogen-bond donors (Lipinski definition) is 3. The zero-order valence-electron chi connectivity index (χ0n) is 30.7. The van der Waals surface area contributed by atoms with Gasteiger partial charge in [-0.1, -0.05) is 45.6 Å². The number of carbonyl (C=O) groups is 1. The Kier molecular flexibility index (Phi) is 6.72. The van der Waals surface area contributed by atoms with Crippen LogP contribution in [0.1, 0.15) is 122 Å². The number of fused-ring (bicyclic) bond motifs is 11. The molecule has 0 radical (unpaired) electrons. The number of aliphatic hydroxyl groups is 2. The number of nitrogens with zero attached hydrogens (tertiary/aromatic N) is 1. The molecule has 2 aromatic heterocycles. The van der Waals surface area contributed by atoms with Gasteiger partial charge >= 0.3 is 0 Å². The van der Waals surface area contributed by atoms with Crippen LogP contribution in [-0.2, 0) is 21.4 Å². The molecule has 1 aromatic carbocycles. The van der Waals surface area contributed by atoms with Crippen LogP contribution in [0.4, 0.5) is 0 Å². The lowest BCUT2D eigenvalue weighted by atomic mass is 9.40. The van der Waals surface area contributed by atoms with E-state index in [1.54, 1.807) is 6.92 Å². The normalized spacial score (nSPS) is 37.6. The van der Waals surface area contributed by atoms with Gasteiger partial charge in [0.2, 0.25) is 0 Å². The van der Waals surface area contributed by atoms with E-state index in [4.69, 9.17) is 4.74 Å². The van der Waals surface area contributed by atoms with E-state index in [1.165, 1.54) is 16.6 Å². The SMILES string of the molecule is C=C(C)c1c(O)c2c3c(cc4c5c(n1c42)[C@@]1(C)C(CC[C@H]2[C@](C)(C=CC=C(C)C=O)[C@@H](O)CC[C@@]21C)C5)C1=CC(C)(C)OC(C)(C)C1[C@@H]3O. The minimum Gasteiger partial charge on any atom is -0.505 e. The molecule has 3 aromatic rings. The number of aliphatic hydroxyl groups excluding tert-OH is 2. The maximum absolute atomic E-state index is 12.3. The van der Waals surface area contributed by atoms with E-state index < -0.39 is 28.8 Å². The van der Waals surface area contributed by atoms with Crippen LogP contribution in [0.5, 0.6) is 5.75 Å². The fourth-order valence-electron chi connectivity index (χ4n) is 12.4. The molecule has 6 heteroatoms. The number of rotatable bonds is 4. The van der Waals surface area contributed by atoms with Crippen LogP contribution in [0.3, 0.4) is 0 Å². The second-order valence-electron chi connectivity index (χ2n) is 18.0. The van der Waals surface area contributed by atoms with Crippen LogP contribution in [0, 0.1) is 28.6 Å². The Hall–Kier alpha value is -3.19. The molecule has 5 aliphatic rings. The molecule has 4 aliphatic carbocycles. The molecule has 260 valence electrons. The van der Waals surface area contributed by atoms with Gasteiger partial charge in [0.05, 0.1) is 34.6 Å². The minimum atomic E-state index is -0.819. The predicted octanol–water partition coefficient (Wildman–Crippen LogP) is 8.61. The monoisotopic (exact) mass is 663 g/mol. The summed E-state index contributed by atoms with van der Waals surface area (Å²) in [4.78, 5) is 11.3. The fourth-order valence-corrected chi connectivity index (χ4v) is 12.4. The number of allylic oxidation sites excluding steroid dienone is 4. The highest BCUT2D eigenvalue weighted by Crippen LogP contribution is 2.71. The molecule has 0 bridgehead atoms. The summed E-state index contributed by atoms with van der Waals surface area (Å²) in [6.45, 7) is 23.6. The second kappa shape index (κ2) is 9.98. The molecule has 0 amide bonds. The number of hydrogen-bond acceptors (Lipinski definition) is 5. The molecule has 0 spiro atoms. The molecule has 3 heterocycles. The van der Waals surface area contributed by atoms with Crippen molar-refractivity contribution in [1.29, 1.82) is 0 Å². The van der Waals surface area contributed by atoms with Crippen molar-refractivity contribution in [2.24, 2.45) is 28.6 Å². The average molecular weight is 664 g/mol. The van der Waals surface area contributed by atoms with Crippen molar-refractivity contribution < 1.29 is 24.9 Å². The first-order valence-corrected chi connectivity index (χ1v) is 18.3. The van der Waals surface area contributed by atoms with Gasteiger partial charge in [-0.15, -0.1) is 0 Å². The number of aromatic hydroxyl groups is 1. The molecule has 2 fully saturated rings. The van der Waals surface area contributed by atoms with E-state index in [-0.39, 0.29) is 28.4 Å². The van der Waals surface area contributed by atoms with E-state index in [0.717, 1.165) is 70.8 Å². The van der Waals surface area contributed by atoms with Gasteiger partial charge in [-0.3, -0.25) is 4.79 Å². The van der Waals surface area contributed by atoms with Crippen LogP contribution in [-0.4, -0.2) is 43.3 Å². The maximum atomic E-state index is 12.3. The Morgan fingerprint density at radius 1 is 1.06 bits per heavy atom. The lowest BCUT2D eigenvalue weighted by molar-refractivity contribution is -0.144. The molecule has 8 rings (SSSR count). The molecule has 3 N–H and O–H groups in total. The molecular formula is C43H53NO5. The topological polar surface area (TPSA) is 91.4 Å². The Bertz CT molecular complexity index is 2060. The summed E-state index contributed by atoms with van der Waals surface area (Å²) in [5.74, 6) is 0.582. The molecule has 1 aliphatic heterocycles. The van der Waals surface area contributed by atoms with Gasteiger partial charge in [0.1, 0.15) is 12.0 Å². The van der Waals surface area contributed by atoms with E-state index in [1.807, 2.05) is 19.1 Å². The summed E-state index contributed by atoms with van der Waals surface area (Å²) in [5.41, 5.74) is 6.80. The minimum absolute atomic E-state index is 0.153. The zero-order chi connectivity index (χ0) is 35.4. The standard InChI is InChI=1S/C43H53NO5/c1-22(2)34-37(48)32-31-25(28-20-39(4,5)49-40(6,7)33(28)36(31)47)19-26-27-18-24-13-14-29-41(8,16-11-12-23(3)21-45)30(46)15-17-42(29,9)43(24,10)38(27)44(34)35(26)32/h11-12,16,19-21,24,29-30,33,36,46-48H,1,13-15,17-18H2,2-10H3/t24?,29-,30-,33?,36+,41-,42-,43+/m0/s1. The smallest absolute Gasteiger partial charge is 0.149 e. The van der Waals surface area contributed by atoms with E-state index in [9.17, 15) is 20.1 Å². The maximum Gasteiger partial charge on any atom is 0.149 e. The second-order valence-corrected chi connectivity index (χ2v) is 18.0. The van der Waals surface area contributed by atoms with Gasteiger partial charge in [-0.05, 0) is 131 Å². The van der Waals surface area contributed by atoms with Gasteiger partial charge < -0.3 is 24.5 Å². The van der Waals surface area contributed by atoms with Crippen molar-refractivity contribution >= 4 is 33.7 Å². The van der Waals surface area contributed by atoms with Crippen LogP contribution in [0.15, 0.2) is 42.5 Å². The van der Waals surface area contributed by atoms with Crippen LogP contribution in [0.25, 0.3) is 27.4 Å². The first-order chi connectivity index (χ1) is 22.8. The molecule has 2 unspecified atom stereocenters. The van der Waals surface area contributed by atoms with Crippen molar-refractivity contribution in [2.45, 2.75) is 123 Å². The van der Waals surface area contributed by atoms with E-state index >= 15 is 0 Å². The van der Waals surface area contributed by atoms with Crippen LogP contribution in [0.2, 0.25) is 0 Å². The Morgan fingerprint density at radius 2 is 1.78 bits per heavy atom. The van der Waals surface area contributed by atoms with Gasteiger partial charge in [0, 0.05) is 38.8 Å². The Labute approximate surface area is 290 Å². The Morgan fingerprint density at radius 3 is 2.45 bits per heavy atom. The first kappa shape index (κ1) is 33.0. The number of carbonyl (C=O) groups excluding carboxylic acids is 1. The van der Waals surface area contributed by atoms with Gasteiger partial charge in [0.25, 0.3) is 0 Å². The molecular weight excluding hydrogens is 610 g/mol. The largest absolute Gasteiger partial charge is 0.505 e. The third-order valence-electron chi connectivity index (χ3n) is 14.4. The summed E-state index contributed by atoms with van der Waals surface area (Å²) >= 11 is 0. The van der Waals surface area contributed by atoms with Crippen molar-refractivity contribution in [1.82, 2.24) is 4.40 Å². The van der Waals surface area contributed by atoms with Crippen LogP contribution >= 0.6 is 0 Å². The number of ether oxygens (including phenoxy) is 1. The van der Waals surface area contributed by atoms with Crippen molar-refractivity contribution in [3.8, 4) is 5.75 Å². The predicted molar refractivity (Wildman–Crippen MR) is 196 cm³/mol. The highest BCUT2D eigenvalue weighted by molar-refractivity contribution is 6.11. The highest BCUT2D eigenvalue weighted by atomic mass is 16.5. The third-order valence-corrected chi connectivity index (χ3v) is 14.4. The number of aldehydes is 1. The molecule has 49 heavy (non-hydrogen) atoms. The van der Waals surface area contributed by atoms with Crippen molar-refractivity contribution in [2.75, 3.05) is 0 Å². The lowest BCUT2D eigenvalue weighted by Crippen LogP contribution is -2.62. The van der Waals surface area contributed by atoms with Crippen molar-refractivity contribution in [3.63, 3.8) is 0 Å². The first-order valence-electron chi connectivity index (χ1n) is 18.3. The summed E-state index contributed by atoms with van der Waals surface area (Å²) in [7, 11) is 0. The van der Waals surface area contributed by atoms with E-state index in [0.29, 0.717) is 17.9 Å². The quantitative estimate of drug-likeness (QED) is 0.148. The summed E-state index contributed by atoms with van der Waals surface area (Å²) < 4.78 is 8.88. The Balaban J connectivity index is 1.40. The zero-order valence-corrected chi connectivity index (χ0v) is 30.7. The average Bonchev–Trinajstić information content (AvgIpc) is 3.67. The fraction of sp³-hybridized carbons (Fsp3) is 0.558. The number of aromatic nitrogens is 1. The van der Waals surface area contributed by atoms with Gasteiger partial charge in [-0.2, -0.15) is 0 Å². The summed E-state index contributed by atoms with van der Waals surface area (Å²) in [5, 5.41) is 38.0. The summed E-state index contributed by atoms with van der Waals surface area (Å²) in [6.07, 6.45) is 12.4. The summed E-state index contributed by atoms with van der Waals surface area (Å²) in [6, 6.07) is 2.32. The molecule has 2 saturated carbocycles. The highest BCUT2D eigenvalue weighted by Gasteiger charge is 2.67. The van der Waals surface area contributed by atoms with Gasteiger partial charge in [-0.25, -0.2) is 0 Å². The number of benzene rings is 1.